The lowest BCUT2D eigenvalue weighted by atomic mass is 10.1. The van der Waals surface area contributed by atoms with Crippen molar-refractivity contribution in [2.75, 3.05) is 0 Å². The molecule has 0 radical (unpaired) electrons. The monoisotopic (exact) mass is 283 g/mol. The van der Waals surface area contributed by atoms with E-state index in [1.165, 1.54) is 0 Å². The predicted octanol–water partition coefficient (Wildman–Crippen LogP) is 3.58. The third kappa shape index (κ3) is 2.86. The Hall–Kier alpha value is -1.03. The van der Waals surface area contributed by atoms with Crippen LogP contribution in [0, 0.1) is 0 Å². The van der Waals surface area contributed by atoms with Gasteiger partial charge in [-0.25, -0.2) is 0 Å². The number of nitrogens with one attached hydrogen (secondary N) is 1. The van der Waals surface area contributed by atoms with E-state index in [4.69, 9.17) is 23.2 Å². The standard InChI is InChI=1S/C13H15Cl2N3/c1-9(11-4-3-5-12(14)13(11)15)16-8-10-6-7-17-18(10)2/h3-7,9,16H,8H2,1-2H3. The van der Waals surface area contributed by atoms with Gasteiger partial charge in [0.15, 0.2) is 0 Å². The normalized spacial score (nSPS) is 12.7. The predicted molar refractivity (Wildman–Crippen MR) is 74.9 cm³/mol. The fourth-order valence-electron chi connectivity index (χ4n) is 1.80. The Morgan fingerprint density at radius 1 is 1.33 bits per heavy atom. The van der Waals surface area contributed by atoms with Crippen LogP contribution in [0.15, 0.2) is 30.5 Å². The van der Waals surface area contributed by atoms with E-state index in [0.717, 1.165) is 17.8 Å². The fourth-order valence-corrected chi connectivity index (χ4v) is 2.27. The molecule has 0 saturated carbocycles. The molecule has 1 unspecified atom stereocenters. The summed E-state index contributed by atoms with van der Waals surface area (Å²) < 4.78 is 1.85. The van der Waals surface area contributed by atoms with Crippen LogP contribution in [-0.2, 0) is 13.6 Å². The van der Waals surface area contributed by atoms with Crippen molar-refractivity contribution in [3.8, 4) is 0 Å². The van der Waals surface area contributed by atoms with Crippen LogP contribution in [0.2, 0.25) is 10.0 Å². The summed E-state index contributed by atoms with van der Waals surface area (Å²) in [5.74, 6) is 0. The number of hydrogen-bond donors (Lipinski definition) is 1. The van der Waals surface area contributed by atoms with Gasteiger partial charge < -0.3 is 5.32 Å². The fraction of sp³-hybridized carbons (Fsp3) is 0.308. The molecule has 18 heavy (non-hydrogen) atoms. The molecule has 1 aromatic carbocycles. The number of halogens is 2. The molecule has 1 heterocycles. The van der Waals surface area contributed by atoms with Crippen LogP contribution < -0.4 is 5.32 Å². The molecule has 0 saturated heterocycles. The first-order chi connectivity index (χ1) is 8.59. The van der Waals surface area contributed by atoms with Gasteiger partial charge in [0.2, 0.25) is 0 Å². The molecule has 0 amide bonds. The number of nitrogens with zero attached hydrogens (tertiary/aromatic N) is 2. The van der Waals surface area contributed by atoms with E-state index in [9.17, 15) is 0 Å². The highest BCUT2D eigenvalue weighted by Gasteiger charge is 2.11. The minimum Gasteiger partial charge on any atom is -0.305 e. The van der Waals surface area contributed by atoms with Crippen molar-refractivity contribution in [3.05, 3.63) is 51.8 Å². The quantitative estimate of drug-likeness (QED) is 0.930. The summed E-state index contributed by atoms with van der Waals surface area (Å²) in [6.45, 7) is 2.80. The topological polar surface area (TPSA) is 29.9 Å². The number of benzene rings is 1. The molecular formula is C13H15Cl2N3. The maximum absolute atomic E-state index is 6.19. The number of aryl methyl sites for hydroxylation is 1. The first-order valence-electron chi connectivity index (χ1n) is 5.73. The number of aromatic nitrogens is 2. The lowest BCUT2D eigenvalue weighted by Crippen LogP contribution is -2.20. The van der Waals surface area contributed by atoms with Crippen LogP contribution in [0.25, 0.3) is 0 Å². The van der Waals surface area contributed by atoms with E-state index in [-0.39, 0.29) is 6.04 Å². The Morgan fingerprint density at radius 3 is 2.78 bits per heavy atom. The van der Waals surface area contributed by atoms with E-state index >= 15 is 0 Å². The highest BCUT2D eigenvalue weighted by molar-refractivity contribution is 6.42. The molecule has 2 rings (SSSR count). The summed E-state index contributed by atoms with van der Waals surface area (Å²) in [5, 5.41) is 8.74. The Bertz CT molecular complexity index is 537. The first-order valence-corrected chi connectivity index (χ1v) is 6.49. The van der Waals surface area contributed by atoms with Crippen molar-refractivity contribution < 1.29 is 0 Å². The van der Waals surface area contributed by atoms with Gasteiger partial charge in [-0.1, -0.05) is 35.3 Å². The van der Waals surface area contributed by atoms with E-state index in [1.54, 1.807) is 12.3 Å². The average Bonchev–Trinajstić information content (AvgIpc) is 2.75. The molecule has 0 aliphatic rings. The van der Waals surface area contributed by atoms with Gasteiger partial charge in [0.05, 0.1) is 15.7 Å². The van der Waals surface area contributed by atoms with Crippen molar-refractivity contribution in [1.82, 2.24) is 15.1 Å². The Balaban J connectivity index is 2.06. The second-order valence-electron chi connectivity index (χ2n) is 4.19. The van der Waals surface area contributed by atoms with Gasteiger partial charge in [-0.3, -0.25) is 4.68 Å². The zero-order valence-electron chi connectivity index (χ0n) is 10.3. The minimum absolute atomic E-state index is 0.131. The van der Waals surface area contributed by atoms with Crippen molar-refractivity contribution >= 4 is 23.2 Å². The van der Waals surface area contributed by atoms with Crippen LogP contribution in [0.1, 0.15) is 24.2 Å². The lowest BCUT2D eigenvalue weighted by Gasteiger charge is -2.16. The summed E-state index contributed by atoms with van der Waals surface area (Å²) in [4.78, 5) is 0. The van der Waals surface area contributed by atoms with Crippen molar-refractivity contribution in [3.63, 3.8) is 0 Å². The van der Waals surface area contributed by atoms with Gasteiger partial charge in [0.25, 0.3) is 0 Å². The largest absolute Gasteiger partial charge is 0.305 e. The van der Waals surface area contributed by atoms with Crippen LogP contribution in [0.5, 0.6) is 0 Å². The highest BCUT2D eigenvalue weighted by atomic mass is 35.5. The molecule has 1 N–H and O–H groups in total. The zero-order chi connectivity index (χ0) is 13.1. The second kappa shape index (κ2) is 5.74. The third-order valence-corrected chi connectivity index (χ3v) is 3.79. The van der Waals surface area contributed by atoms with Gasteiger partial charge in [-0.2, -0.15) is 5.10 Å². The molecule has 0 fully saturated rings. The van der Waals surface area contributed by atoms with Crippen molar-refractivity contribution in [2.24, 2.45) is 7.05 Å². The molecular weight excluding hydrogens is 269 g/mol. The molecule has 0 aliphatic heterocycles. The molecule has 1 aromatic heterocycles. The van der Waals surface area contributed by atoms with Gasteiger partial charge in [-0.15, -0.1) is 0 Å². The Labute approximate surface area is 117 Å². The highest BCUT2D eigenvalue weighted by Crippen LogP contribution is 2.29. The van der Waals surface area contributed by atoms with Crippen molar-refractivity contribution in [2.45, 2.75) is 19.5 Å². The summed E-state index contributed by atoms with van der Waals surface area (Å²) >= 11 is 12.2. The summed E-state index contributed by atoms with van der Waals surface area (Å²) in [5.41, 5.74) is 2.13. The van der Waals surface area contributed by atoms with E-state index in [0.29, 0.717) is 10.0 Å². The average molecular weight is 284 g/mol. The summed E-state index contributed by atoms with van der Waals surface area (Å²) in [6.07, 6.45) is 1.79. The molecule has 1 atom stereocenters. The number of rotatable bonds is 4. The van der Waals surface area contributed by atoms with Gasteiger partial charge >= 0.3 is 0 Å². The zero-order valence-corrected chi connectivity index (χ0v) is 11.8. The molecule has 0 spiro atoms. The van der Waals surface area contributed by atoms with Crippen LogP contribution >= 0.6 is 23.2 Å². The van der Waals surface area contributed by atoms with Gasteiger partial charge in [0.1, 0.15) is 0 Å². The lowest BCUT2D eigenvalue weighted by molar-refractivity contribution is 0.548. The van der Waals surface area contributed by atoms with Crippen LogP contribution in [-0.4, -0.2) is 9.78 Å². The molecule has 96 valence electrons. The van der Waals surface area contributed by atoms with E-state index in [1.807, 2.05) is 29.9 Å². The maximum Gasteiger partial charge on any atom is 0.0639 e. The molecule has 5 heteroatoms. The molecule has 3 nitrogen and oxygen atoms in total. The summed E-state index contributed by atoms with van der Waals surface area (Å²) in [6, 6.07) is 7.80. The van der Waals surface area contributed by atoms with Gasteiger partial charge in [-0.05, 0) is 24.6 Å². The smallest absolute Gasteiger partial charge is 0.0639 e. The van der Waals surface area contributed by atoms with Crippen LogP contribution in [0.3, 0.4) is 0 Å². The first kappa shape index (κ1) is 13.4. The van der Waals surface area contributed by atoms with Gasteiger partial charge in [0, 0.05) is 25.8 Å². The minimum atomic E-state index is 0.131. The Morgan fingerprint density at radius 2 is 2.11 bits per heavy atom. The second-order valence-corrected chi connectivity index (χ2v) is 4.98. The summed E-state index contributed by atoms with van der Waals surface area (Å²) in [7, 11) is 1.92. The SMILES string of the molecule is CC(NCc1ccnn1C)c1cccc(Cl)c1Cl. The maximum atomic E-state index is 6.19. The Kier molecular flexibility index (Phi) is 4.27. The van der Waals surface area contributed by atoms with E-state index in [2.05, 4.69) is 17.3 Å². The van der Waals surface area contributed by atoms with E-state index < -0.39 is 0 Å². The van der Waals surface area contributed by atoms with Crippen LogP contribution in [0.4, 0.5) is 0 Å². The van der Waals surface area contributed by atoms with Crippen molar-refractivity contribution in [1.29, 1.82) is 0 Å². The molecule has 2 aromatic rings. The molecule has 0 aliphatic carbocycles. The molecule has 0 bridgehead atoms. The third-order valence-electron chi connectivity index (χ3n) is 2.96. The number of hydrogen-bond acceptors (Lipinski definition) is 2.